The van der Waals surface area contributed by atoms with E-state index in [2.05, 4.69) is 84.9 Å². The number of aromatic nitrogens is 3. The van der Waals surface area contributed by atoms with Gasteiger partial charge in [-0.1, -0.05) is 109 Å². The van der Waals surface area contributed by atoms with Gasteiger partial charge < -0.3 is 9.15 Å². The maximum Gasteiger partial charge on any atom is 0.164 e. The van der Waals surface area contributed by atoms with Crippen molar-refractivity contribution >= 4 is 65.2 Å². The van der Waals surface area contributed by atoms with Gasteiger partial charge in [-0.25, -0.2) is 15.0 Å². The second-order valence-electron chi connectivity index (χ2n) is 12.8. The highest BCUT2D eigenvalue weighted by molar-refractivity contribution is 7.99. The zero-order valence-electron chi connectivity index (χ0n) is 27.4. The molecule has 0 saturated carbocycles. The molecule has 0 saturated heterocycles. The molecule has 10 aromatic rings. The number of ether oxygens (including phenoxy) is 1. The molecule has 0 radical (unpaired) electrons. The highest BCUT2D eigenvalue weighted by Gasteiger charge is 2.21. The summed E-state index contributed by atoms with van der Waals surface area (Å²) in [7, 11) is 0. The van der Waals surface area contributed by atoms with Gasteiger partial charge in [-0.05, 0) is 65.7 Å². The molecule has 52 heavy (non-hydrogen) atoms. The largest absolute Gasteiger partial charge is 0.456 e. The Balaban J connectivity index is 1.03. The van der Waals surface area contributed by atoms with Crippen molar-refractivity contribution in [2.24, 2.45) is 0 Å². The van der Waals surface area contributed by atoms with Gasteiger partial charge in [0, 0.05) is 47.6 Å². The van der Waals surface area contributed by atoms with Gasteiger partial charge in [0.2, 0.25) is 0 Å². The molecule has 5 nitrogen and oxygen atoms in total. The van der Waals surface area contributed by atoms with Crippen molar-refractivity contribution in [2.45, 2.75) is 9.79 Å². The van der Waals surface area contributed by atoms with Gasteiger partial charge in [-0.3, -0.25) is 0 Å². The summed E-state index contributed by atoms with van der Waals surface area (Å²) in [4.78, 5) is 17.3. The molecule has 0 spiro atoms. The van der Waals surface area contributed by atoms with Crippen LogP contribution in [-0.4, -0.2) is 15.0 Å². The van der Waals surface area contributed by atoms with Crippen LogP contribution in [0.4, 0.5) is 0 Å². The maximum absolute atomic E-state index is 6.54. The summed E-state index contributed by atoms with van der Waals surface area (Å²) in [5.41, 5.74) is 6.49. The van der Waals surface area contributed by atoms with Crippen molar-refractivity contribution in [3.63, 3.8) is 0 Å². The van der Waals surface area contributed by atoms with Crippen LogP contribution in [0.5, 0.6) is 11.5 Å². The summed E-state index contributed by atoms with van der Waals surface area (Å²) in [6.45, 7) is 0. The minimum Gasteiger partial charge on any atom is -0.456 e. The predicted octanol–water partition coefficient (Wildman–Crippen LogP) is 13.1. The molecule has 11 rings (SSSR count). The fraction of sp³-hybridized carbons (Fsp3) is 0. The smallest absolute Gasteiger partial charge is 0.164 e. The second-order valence-corrected chi connectivity index (χ2v) is 15.0. The van der Waals surface area contributed by atoms with E-state index in [1.54, 1.807) is 23.1 Å². The average molecular weight is 704 g/mol. The summed E-state index contributed by atoms with van der Waals surface area (Å²) in [6.07, 6.45) is 0. The first-order valence-corrected chi connectivity index (χ1v) is 18.6. The Kier molecular flexibility index (Phi) is 6.59. The molecule has 1 aliphatic heterocycles. The lowest BCUT2D eigenvalue weighted by Gasteiger charge is -2.20. The standard InChI is InChI=1S/C45H25N3O2S2/c1-2-9-26(10-3-1)43-46-44(48-45(47-43)29-17-20-32-31-11-4-6-15-38(31)51-41(32)25-29)28-18-21-33-36(24-28)50-35-14-8-12-30(42(33)35)27-19-22-40-37(23-27)49-34-13-5-7-16-39(34)52-40/h1-25H. The van der Waals surface area contributed by atoms with E-state index in [1.165, 1.54) is 20.2 Å². The van der Waals surface area contributed by atoms with Crippen molar-refractivity contribution in [2.75, 3.05) is 0 Å². The van der Waals surface area contributed by atoms with Gasteiger partial charge >= 0.3 is 0 Å². The molecule has 0 amide bonds. The zero-order valence-corrected chi connectivity index (χ0v) is 29.0. The Bertz CT molecular complexity index is 3040. The van der Waals surface area contributed by atoms with Crippen molar-refractivity contribution < 1.29 is 9.15 Å². The third kappa shape index (κ3) is 4.82. The second kappa shape index (κ2) is 11.6. The lowest BCUT2D eigenvalue weighted by Crippen LogP contribution is -2.00. The fourth-order valence-electron chi connectivity index (χ4n) is 7.12. The number of hydrogen-bond donors (Lipinski definition) is 0. The third-order valence-electron chi connectivity index (χ3n) is 9.60. The van der Waals surface area contributed by atoms with Crippen molar-refractivity contribution in [3.05, 3.63) is 152 Å². The van der Waals surface area contributed by atoms with Crippen molar-refractivity contribution in [1.82, 2.24) is 15.0 Å². The minimum absolute atomic E-state index is 0.590. The number of nitrogens with zero attached hydrogens (tertiary/aromatic N) is 3. The first-order valence-electron chi connectivity index (χ1n) is 17.0. The van der Waals surface area contributed by atoms with E-state index in [-0.39, 0.29) is 0 Å². The molecule has 0 bridgehead atoms. The van der Waals surface area contributed by atoms with Gasteiger partial charge in [0.15, 0.2) is 17.5 Å². The molecular weight excluding hydrogens is 679 g/mol. The van der Waals surface area contributed by atoms with Crippen molar-refractivity contribution in [3.8, 4) is 56.8 Å². The molecular formula is C45H25N3O2S2. The number of furan rings is 1. The van der Waals surface area contributed by atoms with Crippen LogP contribution in [0.25, 0.3) is 87.4 Å². The van der Waals surface area contributed by atoms with Gasteiger partial charge in [0.05, 0.1) is 9.79 Å². The minimum atomic E-state index is 0.590. The van der Waals surface area contributed by atoms with Crippen molar-refractivity contribution in [1.29, 1.82) is 0 Å². The fourth-order valence-corrected chi connectivity index (χ4v) is 9.19. The zero-order chi connectivity index (χ0) is 34.2. The van der Waals surface area contributed by atoms with E-state index in [0.717, 1.165) is 71.0 Å². The molecule has 4 heterocycles. The maximum atomic E-state index is 6.54. The van der Waals surface area contributed by atoms with Gasteiger partial charge in [-0.15, -0.1) is 11.3 Å². The Labute approximate surface area is 306 Å². The lowest BCUT2D eigenvalue weighted by atomic mass is 9.98. The van der Waals surface area contributed by atoms with E-state index in [0.29, 0.717) is 17.5 Å². The number of para-hydroxylation sites is 1. The first kappa shape index (κ1) is 29.5. The molecule has 1 aliphatic rings. The first-order chi connectivity index (χ1) is 25.7. The van der Waals surface area contributed by atoms with E-state index in [1.807, 2.05) is 66.7 Å². The van der Waals surface area contributed by atoms with Gasteiger partial charge in [0.1, 0.15) is 22.7 Å². The number of thiophene rings is 1. The van der Waals surface area contributed by atoms with E-state index in [9.17, 15) is 0 Å². The quantitative estimate of drug-likeness (QED) is 0.182. The molecule has 7 aromatic carbocycles. The Morgan fingerprint density at radius 3 is 2.00 bits per heavy atom. The van der Waals surface area contributed by atoms with Crippen LogP contribution in [0.3, 0.4) is 0 Å². The molecule has 0 N–H and O–H groups in total. The topological polar surface area (TPSA) is 61.0 Å². The lowest BCUT2D eigenvalue weighted by molar-refractivity contribution is 0.455. The van der Waals surface area contributed by atoms with Crippen LogP contribution in [-0.2, 0) is 0 Å². The Morgan fingerprint density at radius 2 is 1.12 bits per heavy atom. The summed E-state index contributed by atoms with van der Waals surface area (Å²) in [5.74, 6) is 3.59. The summed E-state index contributed by atoms with van der Waals surface area (Å²) in [6, 6.07) is 52.2. The van der Waals surface area contributed by atoms with Crippen LogP contribution in [0.1, 0.15) is 0 Å². The Morgan fingerprint density at radius 1 is 0.423 bits per heavy atom. The number of fused-ring (bicyclic) bond motifs is 8. The predicted molar refractivity (Wildman–Crippen MR) is 212 cm³/mol. The molecule has 7 heteroatoms. The molecule has 0 fully saturated rings. The third-order valence-corrected chi connectivity index (χ3v) is 11.9. The average Bonchev–Trinajstić information content (AvgIpc) is 3.77. The highest BCUT2D eigenvalue weighted by Crippen LogP contribution is 2.49. The molecule has 244 valence electrons. The van der Waals surface area contributed by atoms with Crippen LogP contribution in [0.2, 0.25) is 0 Å². The number of hydrogen-bond acceptors (Lipinski definition) is 7. The highest BCUT2D eigenvalue weighted by atomic mass is 32.2. The van der Waals surface area contributed by atoms with E-state index >= 15 is 0 Å². The molecule has 0 aliphatic carbocycles. The van der Waals surface area contributed by atoms with Gasteiger partial charge in [-0.2, -0.15) is 0 Å². The monoisotopic (exact) mass is 703 g/mol. The normalized spacial score (nSPS) is 12.3. The van der Waals surface area contributed by atoms with Crippen LogP contribution in [0, 0.1) is 0 Å². The van der Waals surface area contributed by atoms with Crippen LogP contribution in [0.15, 0.2) is 166 Å². The molecule has 3 aromatic heterocycles. The van der Waals surface area contributed by atoms with E-state index < -0.39 is 0 Å². The summed E-state index contributed by atoms with van der Waals surface area (Å²) < 4.78 is 15.3. The van der Waals surface area contributed by atoms with Gasteiger partial charge in [0.25, 0.3) is 0 Å². The van der Waals surface area contributed by atoms with Crippen LogP contribution < -0.4 is 4.74 Å². The Hall–Kier alpha value is -6.28. The summed E-state index contributed by atoms with van der Waals surface area (Å²) in [5, 5.41) is 4.59. The van der Waals surface area contributed by atoms with Crippen LogP contribution >= 0.6 is 23.1 Å². The summed E-state index contributed by atoms with van der Waals surface area (Å²) >= 11 is 3.52. The SMILES string of the molecule is c1ccc(-c2nc(-c3ccc4c(c3)oc3cccc(-c5ccc6c(c5)Oc5ccccc5S6)c34)nc(-c3ccc4c(c3)sc3ccccc34)n2)cc1. The molecule has 0 atom stereocenters. The number of benzene rings is 7. The number of rotatable bonds is 4. The molecule has 0 unspecified atom stereocenters. The van der Waals surface area contributed by atoms with E-state index in [4.69, 9.17) is 24.1 Å².